The summed E-state index contributed by atoms with van der Waals surface area (Å²) >= 11 is 0. The molecule has 10 aromatic rings. The topological polar surface area (TPSA) is 8.17 Å². The van der Waals surface area contributed by atoms with Crippen molar-refractivity contribution in [2.45, 2.75) is 37.5 Å². The van der Waals surface area contributed by atoms with Crippen molar-refractivity contribution in [1.82, 2.24) is 4.57 Å². The van der Waals surface area contributed by atoms with E-state index in [1.54, 1.807) is 0 Å². The molecule has 0 saturated carbocycles. The van der Waals surface area contributed by atoms with Crippen LogP contribution in [-0.4, -0.2) is 4.57 Å². The summed E-state index contributed by atoms with van der Waals surface area (Å²) in [6.45, 7) is 4.73. The molecule has 2 nitrogen and oxygen atoms in total. The fourth-order valence-corrected chi connectivity index (χ4v) is 11.9. The number of hydrogen-bond donors (Lipinski definition) is 0. The number of rotatable bonds is 7. The SMILES string of the molecule is CC1(C)c2ccccc2-c2ccc(N(c3ccc(-c4ccccc4)cc3)c3ccc(-n4c5c(c6cc(C7(c8ccccc8)c8ccccc8-c8ccccc87)ccc64)CCC=C5)cc3)cc21. The van der Waals surface area contributed by atoms with Gasteiger partial charge in [0.15, 0.2) is 0 Å². The van der Waals surface area contributed by atoms with Crippen LogP contribution in [0.5, 0.6) is 0 Å². The van der Waals surface area contributed by atoms with Gasteiger partial charge in [0.05, 0.1) is 10.9 Å². The average molecular weight is 845 g/mol. The molecule has 66 heavy (non-hydrogen) atoms. The summed E-state index contributed by atoms with van der Waals surface area (Å²) in [5, 5.41) is 1.33. The second kappa shape index (κ2) is 14.8. The van der Waals surface area contributed by atoms with Crippen LogP contribution in [0.3, 0.4) is 0 Å². The van der Waals surface area contributed by atoms with Crippen LogP contribution in [0.1, 0.15) is 64.9 Å². The van der Waals surface area contributed by atoms with Gasteiger partial charge in [0.2, 0.25) is 0 Å². The van der Waals surface area contributed by atoms with Crippen molar-refractivity contribution < 1.29 is 0 Å². The van der Waals surface area contributed by atoms with E-state index in [0.29, 0.717) is 0 Å². The first-order valence-corrected chi connectivity index (χ1v) is 23.4. The highest BCUT2D eigenvalue weighted by Gasteiger charge is 2.46. The zero-order chi connectivity index (χ0) is 44.0. The Morgan fingerprint density at radius 3 is 1.67 bits per heavy atom. The third kappa shape index (κ3) is 5.61. The summed E-state index contributed by atoms with van der Waals surface area (Å²) in [6, 6.07) is 81.5. The molecule has 9 aromatic carbocycles. The predicted octanol–water partition coefficient (Wildman–Crippen LogP) is 16.4. The van der Waals surface area contributed by atoms with E-state index in [9.17, 15) is 0 Å². The van der Waals surface area contributed by atoms with E-state index in [4.69, 9.17) is 0 Å². The van der Waals surface area contributed by atoms with Gasteiger partial charge in [0.25, 0.3) is 0 Å². The Hall–Kier alpha value is -7.94. The van der Waals surface area contributed by atoms with Gasteiger partial charge in [-0.1, -0.05) is 178 Å². The molecule has 2 heteroatoms. The Balaban J connectivity index is 0.951. The lowest BCUT2D eigenvalue weighted by molar-refractivity contribution is 0.660. The quantitative estimate of drug-likeness (QED) is 0.155. The first kappa shape index (κ1) is 38.5. The van der Waals surface area contributed by atoms with E-state index in [1.807, 2.05) is 0 Å². The highest BCUT2D eigenvalue weighted by molar-refractivity contribution is 5.94. The number of allylic oxidation sites excluding steroid dienone is 1. The van der Waals surface area contributed by atoms with E-state index in [1.165, 1.54) is 88.9 Å². The molecule has 0 unspecified atom stereocenters. The Bertz CT molecular complexity index is 3490. The van der Waals surface area contributed by atoms with Gasteiger partial charge in [-0.3, -0.25) is 0 Å². The van der Waals surface area contributed by atoms with Crippen molar-refractivity contribution in [1.29, 1.82) is 0 Å². The van der Waals surface area contributed by atoms with Crippen LogP contribution in [0.2, 0.25) is 0 Å². The molecule has 0 spiro atoms. The molecule has 0 amide bonds. The maximum atomic E-state index is 2.53. The first-order valence-electron chi connectivity index (χ1n) is 23.4. The van der Waals surface area contributed by atoms with Gasteiger partial charge in [-0.05, 0) is 152 Å². The Labute approximate surface area is 387 Å². The molecule has 0 N–H and O–H groups in total. The van der Waals surface area contributed by atoms with Gasteiger partial charge < -0.3 is 9.47 Å². The lowest BCUT2D eigenvalue weighted by Gasteiger charge is -2.34. The highest BCUT2D eigenvalue weighted by atomic mass is 15.1. The van der Waals surface area contributed by atoms with Crippen LogP contribution in [0.15, 0.2) is 224 Å². The molecule has 3 aliphatic carbocycles. The number of aromatic nitrogens is 1. The molecule has 0 aliphatic heterocycles. The molecule has 314 valence electrons. The number of aryl methyl sites for hydroxylation is 1. The van der Waals surface area contributed by atoms with E-state index in [2.05, 4.69) is 254 Å². The number of anilines is 3. The van der Waals surface area contributed by atoms with Crippen LogP contribution < -0.4 is 4.90 Å². The second-order valence-electron chi connectivity index (χ2n) is 18.7. The van der Waals surface area contributed by atoms with Gasteiger partial charge >= 0.3 is 0 Å². The number of benzene rings is 9. The van der Waals surface area contributed by atoms with Crippen molar-refractivity contribution in [2.24, 2.45) is 0 Å². The molecule has 1 aromatic heterocycles. The lowest BCUT2D eigenvalue weighted by Crippen LogP contribution is -2.28. The van der Waals surface area contributed by atoms with Gasteiger partial charge in [-0.2, -0.15) is 0 Å². The zero-order valence-corrected chi connectivity index (χ0v) is 37.2. The van der Waals surface area contributed by atoms with Gasteiger partial charge in [0.1, 0.15) is 0 Å². The third-order valence-electron chi connectivity index (χ3n) is 15.0. The molecule has 0 bridgehead atoms. The summed E-state index contributed by atoms with van der Waals surface area (Å²) < 4.78 is 2.49. The first-order chi connectivity index (χ1) is 32.5. The summed E-state index contributed by atoms with van der Waals surface area (Å²) in [7, 11) is 0. The molecule has 0 fully saturated rings. The van der Waals surface area contributed by atoms with Crippen LogP contribution in [0, 0.1) is 0 Å². The summed E-state index contributed by atoms with van der Waals surface area (Å²) in [4.78, 5) is 2.42. The molecule has 0 saturated heterocycles. The van der Waals surface area contributed by atoms with E-state index in [0.717, 1.165) is 35.6 Å². The van der Waals surface area contributed by atoms with E-state index >= 15 is 0 Å². The van der Waals surface area contributed by atoms with Crippen molar-refractivity contribution in [3.8, 4) is 39.1 Å². The van der Waals surface area contributed by atoms with Crippen LogP contribution in [-0.2, 0) is 17.3 Å². The maximum absolute atomic E-state index is 2.53. The number of nitrogens with zero attached hydrogens (tertiary/aromatic N) is 2. The third-order valence-corrected chi connectivity index (χ3v) is 15.0. The van der Waals surface area contributed by atoms with Crippen molar-refractivity contribution in [3.63, 3.8) is 0 Å². The number of hydrogen-bond acceptors (Lipinski definition) is 1. The van der Waals surface area contributed by atoms with Crippen LogP contribution in [0.25, 0.3) is 56.0 Å². The normalized spacial score (nSPS) is 14.6. The minimum Gasteiger partial charge on any atom is -0.310 e. The van der Waals surface area contributed by atoms with Gasteiger partial charge in [-0.25, -0.2) is 0 Å². The zero-order valence-electron chi connectivity index (χ0n) is 37.2. The Morgan fingerprint density at radius 2 is 0.985 bits per heavy atom. The molecule has 1 heterocycles. The summed E-state index contributed by atoms with van der Waals surface area (Å²) in [6.07, 6.45) is 6.74. The van der Waals surface area contributed by atoms with Crippen LogP contribution >= 0.6 is 0 Å². The molecule has 0 atom stereocenters. The molecular formula is C64H48N2. The molecule has 0 radical (unpaired) electrons. The molecule has 3 aliphatic rings. The monoisotopic (exact) mass is 844 g/mol. The van der Waals surface area contributed by atoms with Crippen molar-refractivity contribution >= 4 is 34.0 Å². The fraction of sp³-hybridized carbons (Fsp3) is 0.0938. The van der Waals surface area contributed by atoms with Gasteiger partial charge in [0, 0.05) is 39.2 Å². The maximum Gasteiger partial charge on any atom is 0.0713 e. The molecular weight excluding hydrogens is 797 g/mol. The average Bonchev–Trinajstić information content (AvgIpc) is 3.96. The smallest absolute Gasteiger partial charge is 0.0713 e. The van der Waals surface area contributed by atoms with E-state index in [-0.39, 0.29) is 5.41 Å². The standard InChI is InChI=1S/C64H48N2/c1-63(2)57-25-13-9-21-51(57)54-39-38-50(42-60(54)63)65(47-32-29-44(30-33-47)43-17-5-3-6-18-43)48-34-36-49(37-35-48)66-61-28-16-12-24-55(61)56-41-46(31-40-62(56)66)64(45-19-7-4-8-20-45)58-26-14-10-22-52(58)53-23-11-15-27-59(53)64/h3-11,13-23,25-42H,12,24H2,1-2H3. The Morgan fingerprint density at radius 1 is 0.439 bits per heavy atom. The fourth-order valence-electron chi connectivity index (χ4n) is 11.9. The lowest BCUT2D eigenvalue weighted by atomic mass is 9.67. The number of fused-ring (bicyclic) bond motifs is 9. The van der Waals surface area contributed by atoms with Gasteiger partial charge in [-0.15, -0.1) is 0 Å². The van der Waals surface area contributed by atoms with Crippen molar-refractivity contribution in [2.75, 3.05) is 4.90 Å². The van der Waals surface area contributed by atoms with Crippen LogP contribution in [0.4, 0.5) is 17.1 Å². The largest absolute Gasteiger partial charge is 0.310 e. The Kier molecular flexibility index (Phi) is 8.64. The van der Waals surface area contributed by atoms with E-state index < -0.39 is 5.41 Å². The predicted molar refractivity (Wildman–Crippen MR) is 276 cm³/mol. The minimum atomic E-state index is -0.442. The second-order valence-corrected chi connectivity index (χ2v) is 18.7. The summed E-state index contributed by atoms with van der Waals surface area (Å²) in [5.41, 5.74) is 23.7. The van der Waals surface area contributed by atoms with Crippen molar-refractivity contribution in [3.05, 3.63) is 269 Å². The molecule has 13 rings (SSSR count). The minimum absolute atomic E-state index is 0.109. The highest BCUT2D eigenvalue weighted by Crippen LogP contribution is 2.57. The summed E-state index contributed by atoms with van der Waals surface area (Å²) in [5.74, 6) is 0.